The zero-order chi connectivity index (χ0) is 15.6. The number of esters is 1. The fourth-order valence-corrected chi connectivity index (χ4v) is 3.70. The van der Waals surface area contributed by atoms with Gasteiger partial charge in [0.2, 0.25) is 10.0 Å². The minimum absolute atomic E-state index is 0.0183. The average Bonchev–Trinajstić information content (AvgIpc) is 3.30. The molecule has 1 fully saturated rings. The Morgan fingerprint density at radius 1 is 1.33 bits per heavy atom. The Morgan fingerprint density at radius 2 is 1.90 bits per heavy atom. The number of ether oxygens (including phenoxy) is 1. The third-order valence-electron chi connectivity index (χ3n) is 4.05. The van der Waals surface area contributed by atoms with Gasteiger partial charge in [-0.1, -0.05) is 12.1 Å². The van der Waals surface area contributed by atoms with Crippen molar-refractivity contribution in [2.45, 2.75) is 37.1 Å². The molecule has 0 saturated heterocycles. The Bertz CT molecular complexity index is 605. The maximum Gasteiger partial charge on any atom is 0.309 e. The molecule has 1 atom stereocenters. The van der Waals surface area contributed by atoms with E-state index in [2.05, 4.69) is 4.74 Å². The standard InChI is InChI=1S/C15H21NO4S/c1-11(13-6-7-13)16(2)21(18,19)14-8-4-12(5-9-14)10-15(17)20-3/h4-5,8-9,11,13H,6-7,10H2,1-3H3. The summed E-state index contributed by atoms with van der Waals surface area (Å²) in [6.45, 7) is 1.95. The summed E-state index contributed by atoms with van der Waals surface area (Å²) >= 11 is 0. The van der Waals surface area contributed by atoms with Crippen molar-refractivity contribution in [3.63, 3.8) is 0 Å². The Kier molecular flexibility index (Phi) is 4.68. The first kappa shape index (κ1) is 16.0. The first-order valence-corrected chi connectivity index (χ1v) is 8.44. The van der Waals surface area contributed by atoms with Crippen LogP contribution in [0.25, 0.3) is 0 Å². The first-order chi connectivity index (χ1) is 9.86. The zero-order valence-electron chi connectivity index (χ0n) is 12.6. The quantitative estimate of drug-likeness (QED) is 0.752. The predicted molar refractivity (Wildman–Crippen MR) is 79.3 cm³/mol. The summed E-state index contributed by atoms with van der Waals surface area (Å²) in [4.78, 5) is 11.4. The minimum atomic E-state index is -3.48. The molecule has 1 saturated carbocycles. The van der Waals surface area contributed by atoms with Gasteiger partial charge in [-0.2, -0.15) is 4.31 Å². The summed E-state index contributed by atoms with van der Waals surface area (Å²) in [7, 11) is -0.522. The maximum absolute atomic E-state index is 12.5. The number of hydrogen-bond donors (Lipinski definition) is 0. The van der Waals surface area contributed by atoms with Crippen molar-refractivity contribution < 1.29 is 17.9 Å². The van der Waals surface area contributed by atoms with Gasteiger partial charge in [0.25, 0.3) is 0 Å². The average molecular weight is 311 g/mol. The normalized spacial score (nSPS) is 16.8. The van der Waals surface area contributed by atoms with E-state index in [-0.39, 0.29) is 23.3 Å². The van der Waals surface area contributed by atoms with E-state index in [1.54, 1.807) is 31.3 Å². The fraction of sp³-hybridized carbons (Fsp3) is 0.533. The highest BCUT2D eigenvalue weighted by atomic mass is 32.2. The monoisotopic (exact) mass is 311 g/mol. The second kappa shape index (κ2) is 6.15. The molecule has 0 heterocycles. The number of carbonyl (C=O) groups is 1. The van der Waals surface area contributed by atoms with Gasteiger partial charge < -0.3 is 4.74 Å². The molecular weight excluding hydrogens is 290 g/mol. The van der Waals surface area contributed by atoms with Gasteiger partial charge in [0.1, 0.15) is 0 Å². The summed E-state index contributed by atoms with van der Waals surface area (Å²) in [5, 5.41) is 0. The lowest BCUT2D eigenvalue weighted by Gasteiger charge is -2.24. The number of benzene rings is 1. The summed E-state index contributed by atoms with van der Waals surface area (Å²) in [6, 6.07) is 6.41. The highest BCUT2D eigenvalue weighted by Crippen LogP contribution is 2.36. The molecule has 1 unspecified atom stereocenters. The van der Waals surface area contributed by atoms with Crippen LogP contribution in [-0.2, 0) is 26.0 Å². The van der Waals surface area contributed by atoms with E-state index >= 15 is 0 Å². The fourth-order valence-electron chi connectivity index (χ4n) is 2.28. The van der Waals surface area contributed by atoms with Crippen LogP contribution in [0.5, 0.6) is 0 Å². The molecule has 6 heteroatoms. The number of nitrogens with zero attached hydrogens (tertiary/aromatic N) is 1. The molecule has 1 aromatic rings. The molecule has 0 amide bonds. The SMILES string of the molecule is COC(=O)Cc1ccc(S(=O)(=O)N(C)C(C)C2CC2)cc1. The van der Waals surface area contributed by atoms with E-state index in [1.165, 1.54) is 11.4 Å². The van der Waals surface area contributed by atoms with E-state index in [0.717, 1.165) is 18.4 Å². The number of sulfonamides is 1. The van der Waals surface area contributed by atoms with Crippen LogP contribution in [0.4, 0.5) is 0 Å². The third-order valence-corrected chi connectivity index (χ3v) is 6.01. The molecule has 0 spiro atoms. The van der Waals surface area contributed by atoms with Crippen LogP contribution in [0.15, 0.2) is 29.2 Å². The number of carbonyl (C=O) groups excluding carboxylic acids is 1. The maximum atomic E-state index is 12.5. The molecular formula is C15H21NO4S. The van der Waals surface area contributed by atoms with E-state index in [4.69, 9.17) is 0 Å². The highest BCUT2D eigenvalue weighted by Gasteiger charge is 2.35. The smallest absolute Gasteiger partial charge is 0.309 e. The highest BCUT2D eigenvalue weighted by molar-refractivity contribution is 7.89. The van der Waals surface area contributed by atoms with Gasteiger partial charge in [0.05, 0.1) is 18.4 Å². The summed E-state index contributed by atoms with van der Waals surface area (Å²) < 4.78 is 31.1. The molecule has 21 heavy (non-hydrogen) atoms. The van der Waals surface area contributed by atoms with Crippen LogP contribution in [0.3, 0.4) is 0 Å². The molecule has 0 aliphatic heterocycles. The number of rotatable bonds is 6. The van der Waals surface area contributed by atoms with Crippen LogP contribution >= 0.6 is 0 Å². The third kappa shape index (κ3) is 3.63. The molecule has 1 aliphatic rings. The van der Waals surface area contributed by atoms with Crippen molar-refractivity contribution in [2.75, 3.05) is 14.2 Å². The van der Waals surface area contributed by atoms with Crippen molar-refractivity contribution in [3.8, 4) is 0 Å². The van der Waals surface area contributed by atoms with Crippen molar-refractivity contribution in [2.24, 2.45) is 5.92 Å². The summed E-state index contributed by atoms with van der Waals surface area (Å²) in [5.41, 5.74) is 0.735. The molecule has 1 aromatic carbocycles. The van der Waals surface area contributed by atoms with Gasteiger partial charge in [0, 0.05) is 13.1 Å². The van der Waals surface area contributed by atoms with Gasteiger partial charge in [-0.3, -0.25) is 4.79 Å². The lowest BCUT2D eigenvalue weighted by Crippen LogP contribution is -2.36. The number of methoxy groups -OCH3 is 1. The first-order valence-electron chi connectivity index (χ1n) is 7.00. The van der Waals surface area contributed by atoms with E-state index < -0.39 is 10.0 Å². The lowest BCUT2D eigenvalue weighted by molar-refractivity contribution is -0.139. The van der Waals surface area contributed by atoms with E-state index in [0.29, 0.717) is 5.92 Å². The Hall–Kier alpha value is -1.40. The van der Waals surface area contributed by atoms with Crippen LogP contribution in [0.2, 0.25) is 0 Å². The van der Waals surface area contributed by atoms with Gasteiger partial charge in [-0.25, -0.2) is 8.42 Å². The second-order valence-electron chi connectivity index (χ2n) is 5.50. The van der Waals surface area contributed by atoms with Crippen molar-refractivity contribution >= 4 is 16.0 Å². The molecule has 0 N–H and O–H groups in total. The summed E-state index contributed by atoms with van der Waals surface area (Å²) in [6.07, 6.45) is 2.34. The zero-order valence-corrected chi connectivity index (χ0v) is 13.4. The van der Waals surface area contributed by atoms with Crippen molar-refractivity contribution in [1.29, 1.82) is 0 Å². The van der Waals surface area contributed by atoms with Crippen LogP contribution in [0, 0.1) is 5.92 Å². The Balaban J connectivity index is 2.14. The summed E-state index contributed by atoms with van der Waals surface area (Å²) in [5.74, 6) is 0.133. The van der Waals surface area contributed by atoms with E-state index in [9.17, 15) is 13.2 Å². The van der Waals surface area contributed by atoms with Crippen LogP contribution in [0.1, 0.15) is 25.3 Å². The predicted octanol–water partition coefficient (Wildman–Crippen LogP) is 1.82. The van der Waals surface area contributed by atoms with Gasteiger partial charge >= 0.3 is 5.97 Å². The Labute approximate surface area is 126 Å². The molecule has 0 aromatic heterocycles. The Morgan fingerprint density at radius 3 is 2.38 bits per heavy atom. The largest absolute Gasteiger partial charge is 0.469 e. The van der Waals surface area contributed by atoms with Gasteiger partial charge in [0.15, 0.2) is 0 Å². The van der Waals surface area contributed by atoms with Crippen molar-refractivity contribution in [3.05, 3.63) is 29.8 Å². The molecule has 5 nitrogen and oxygen atoms in total. The van der Waals surface area contributed by atoms with Crippen LogP contribution < -0.4 is 0 Å². The molecule has 2 rings (SSSR count). The molecule has 0 bridgehead atoms. The van der Waals surface area contributed by atoms with E-state index in [1.807, 2.05) is 6.92 Å². The second-order valence-corrected chi connectivity index (χ2v) is 7.49. The van der Waals surface area contributed by atoms with Gasteiger partial charge in [-0.15, -0.1) is 0 Å². The molecule has 0 radical (unpaired) electrons. The van der Waals surface area contributed by atoms with Crippen LogP contribution in [-0.4, -0.2) is 38.9 Å². The van der Waals surface area contributed by atoms with Crippen molar-refractivity contribution in [1.82, 2.24) is 4.31 Å². The topological polar surface area (TPSA) is 63.7 Å². The minimum Gasteiger partial charge on any atom is -0.469 e. The molecule has 116 valence electrons. The number of hydrogen-bond acceptors (Lipinski definition) is 4. The molecule has 1 aliphatic carbocycles. The lowest BCUT2D eigenvalue weighted by atomic mass is 10.2. The van der Waals surface area contributed by atoms with Gasteiger partial charge in [-0.05, 0) is 43.4 Å².